The minimum atomic E-state index is -0.874. The van der Waals surface area contributed by atoms with Crippen LogP contribution in [-0.4, -0.2) is 39.9 Å². The number of aliphatic hydroxyl groups excluding tert-OH is 1. The molecule has 0 spiro atoms. The van der Waals surface area contributed by atoms with Crippen molar-refractivity contribution in [3.8, 4) is 0 Å². The lowest BCUT2D eigenvalue weighted by Crippen LogP contribution is -2.36. The molecule has 0 aromatic heterocycles. The zero-order valence-electron chi connectivity index (χ0n) is 8.78. The lowest BCUT2D eigenvalue weighted by Gasteiger charge is -2.11. The maximum absolute atomic E-state index is 11.2. The molecule has 0 aromatic carbocycles. The van der Waals surface area contributed by atoms with Crippen LogP contribution in [0.3, 0.4) is 0 Å². The van der Waals surface area contributed by atoms with Crippen molar-refractivity contribution in [2.24, 2.45) is 0 Å². The van der Waals surface area contributed by atoms with Crippen molar-refractivity contribution in [1.82, 2.24) is 5.32 Å². The standard InChI is InChI=1S/C9H19NO3S/c1-8(7-14(2)13)10-9(12)5-3-4-6-11/h8,11H,3-7H2,1-2H3,(H,10,12). The summed E-state index contributed by atoms with van der Waals surface area (Å²) in [6.45, 7) is 1.97. The second kappa shape index (κ2) is 7.94. The first-order chi connectivity index (χ1) is 6.56. The van der Waals surface area contributed by atoms with Crippen molar-refractivity contribution < 1.29 is 14.1 Å². The fourth-order valence-electron chi connectivity index (χ4n) is 1.14. The van der Waals surface area contributed by atoms with Crippen LogP contribution in [0.5, 0.6) is 0 Å². The van der Waals surface area contributed by atoms with Crippen LogP contribution in [0.2, 0.25) is 0 Å². The number of nitrogens with one attached hydrogen (secondary N) is 1. The topological polar surface area (TPSA) is 66.4 Å². The van der Waals surface area contributed by atoms with Gasteiger partial charge >= 0.3 is 0 Å². The van der Waals surface area contributed by atoms with E-state index in [4.69, 9.17) is 5.11 Å². The second-order valence-corrected chi connectivity index (χ2v) is 4.87. The van der Waals surface area contributed by atoms with Gasteiger partial charge in [0.1, 0.15) is 0 Å². The maximum Gasteiger partial charge on any atom is 0.220 e. The highest BCUT2D eigenvalue weighted by Gasteiger charge is 2.07. The number of carbonyl (C=O) groups excluding carboxylic acids is 1. The Labute approximate surface area is 87.5 Å². The van der Waals surface area contributed by atoms with Crippen molar-refractivity contribution in [2.45, 2.75) is 32.2 Å². The van der Waals surface area contributed by atoms with E-state index >= 15 is 0 Å². The first kappa shape index (κ1) is 13.6. The minimum absolute atomic E-state index is 0.0311. The molecule has 2 N–H and O–H groups in total. The molecule has 5 heteroatoms. The van der Waals surface area contributed by atoms with E-state index in [1.807, 2.05) is 6.92 Å². The number of hydrogen-bond donors (Lipinski definition) is 2. The molecule has 2 unspecified atom stereocenters. The van der Waals surface area contributed by atoms with E-state index in [1.54, 1.807) is 6.26 Å². The SMILES string of the molecule is CC(CS(C)=O)NC(=O)CCCCO. The van der Waals surface area contributed by atoms with E-state index in [-0.39, 0.29) is 18.6 Å². The van der Waals surface area contributed by atoms with Crippen molar-refractivity contribution in [1.29, 1.82) is 0 Å². The molecule has 0 rings (SSSR count). The first-order valence-corrected chi connectivity index (χ1v) is 6.49. The van der Waals surface area contributed by atoms with Gasteiger partial charge < -0.3 is 10.4 Å². The molecule has 0 saturated heterocycles. The summed E-state index contributed by atoms with van der Waals surface area (Å²) < 4.78 is 10.8. The van der Waals surface area contributed by atoms with Crippen LogP contribution in [0.4, 0.5) is 0 Å². The third kappa shape index (κ3) is 8.19. The number of rotatable bonds is 7. The lowest BCUT2D eigenvalue weighted by molar-refractivity contribution is -0.121. The van der Waals surface area contributed by atoms with Crippen LogP contribution in [-0.2, 0) is 15.6 Å². The summed E-state index contributed by atoms with van der Waals surface area (Å²) in [6.07, 6.45) is 3.40. The molecule has 2 atom stereocenters. The van der Waals surface area contributed by atoms with Gasteiger partial charge in [-0.3, -0.25) is 9.00 Å². The van der Waals surface area contributed by atoms with Gasteiger partial charge in [-0.1, -0.05) is 0 Å². The number of carbonyl (C=O) groups is 1. The number of hydrogen-bond acceptors (Lipinski definition) is 3. The van der Waals surface area contributed by atoms with Gasteiger partial charge in [0.25, 0.3) is 0 Å². The van der Waals surface area contributed by atoms with E-state index in [0.717, 1.165) is 0 Å². The van der Waals surface area contributed by atoms with E-state index in [1.165, 1.54) is 0 Å². The molecule has 0 bridgehead atoms. The number of unbranched alkanes of at least 4 members (excludes halogenated alkanes) is 1. The average Bonchev–Trinajstić information content (AvgIpc) is 2.02. The van der Waals surface area contributed by atoms with Crippen LogP contribution in [0.25, 0.3) is 0 Å². The highest BCUT2D eigenvalue weighted by atomic mass is 32.2. The molecule has 0 aliphatic carbocycles. The van der Waals surface area contributed by atoms with E-state index in [0.29, 0.717) is 25.0 Å². The van der Waals surface area contributed by atoms with Gasteiger partial charge in [0.05, 0.1) is 0 Å². The maximum atomic E-state index is 11.2. The van der Waals surface area contributed by atoms with Crippen LogP contribution in [0.15, 0.2) is 0 Å². The summed E-state index contributed by atoms with van der Waals surface area (Å²) in [7, 11) is -0.874. The molecule has 0 aliphatic rings. The zero-order valence-corrected chi connectivity index (χ0v) is 9.60. The number of aliphatic hydroxyl groups is 1. The summed E-state index contributed by atoms with van der Waals surface area (Å²) >= 11 is 0. The molecule has 84 valence electrons. The Hall–Kier alpha value is -0.420. The largest absolute Gasteiger partial charge is 0.396 e. The number of amides is 1. The van der Waals surface area contributed by atoms with Gasteiger partial charge in [0.2, 0.25) is 5.91 Å². The van der Waals surface area contributed by atoms with E-state index < -0.39 is 10.8 Å². The summed E-state index contributed by atoms with van der Waals surface area (Å²) in [5.41, 5.74) is 0. The van der Waals surface area contributed by atoms with Gasteiger partial charge in [0.15, 0.2) is 0 Å². The third-order valence-corrected chi connectivity index (χ3v) is 2.67. The van der Waals surface area contributed by atoms with E-state index in [2.05, 4.69) is 5.32 Å². The molecular weight excluding hydrogens is 202 g/mol. The molecule has 0 aliphatic heterocycles. The Kier molecular flexibility index (Phi) is 7.70. The van der Waals surface area contributed by atoms with Gasteiger partial charge in [-0.2, -0.15) is 0 Å². The molecular formula is C9H19NO3S. The van der Waals surface area contributed by atoms with Crippen LogP contribution < -0.4 is 5.32 Å². The van der Waals surface area contributed by atoms with Crippen molar-refractivity contribution in [3.63, 3.8) is 0 Å². The minimum Gasteiger partial charge on any atom is -0.396 e. The van der Waals surface area contributed by atoms with Crippen LogP contribution in [0.1, 0.15) is 26.2 Å². The predicted molar refractivity (Wildman–Crippen MR) is 57.5 cm³/mol. The molecule has 0 radical (unpaired) electrons. The van der Waals surface area contributed by atoms with Gasteiger partial charge in [-0.05, 0) is 19.8 Å². The highest BCUT2D eigenvalue weighted by Crippen LogP contribution is 1.95. The summed E-state index contributed by atoms with van der Waals surface area (Å²) in [4.78, 5) is 11.2. The van der Waals surface area contributed by atoms with Crippen LogP contribution in [0, 0.1) is 0 Å². The third-order valence-electron chi connectivity index (χ3n) is 1.70. The van der Waals surface area contributed by atoms with E-state index in [9.17, 15) is 9.00 Å². The quantitative estimate of drug-likeness (QED) is 0.596. The monoisotopic (exact) mass is 221 g/mol. The summed E-state index contributed by atoms with van der Waals surface area (Å²) in [5, 5.41) is 11.3. The van der Waals surface area contributed by atoms with Crippen LogP contribution >= 0.6 is 0 Å². The van der Waals surface area contributed by atoms with Gasteiger partial charge in [-0.15, -0.1) is 0 Å². The highest BCUT2D eigenvalue weighted by molar-refractivity contribution is 7.84. The smallest absolute Gasteiger partial charge is 0.220 e. The fourth-order valence-corrected chi connectivity index (χ4v) is 1.93. The van der Waals surface area contributed by atoms with Gasteiger partial charge in [-0.25, -0.2) is 0 Å². The second-order valence-electron chi connectivity index (χ2n) is 3.39. The molecule has 14 heavy (non-hydrogen) atoms. The molecule has 0 heterocycles. The molecule has 1 amide bonds. The summed E-state index contributed by atoms with van der Waals surface area (Å²) in [5.74, 6) is 0.461. The zero-order chi connectivity index (χ0) is 11.0. The van der Waals surface area contributed by atoms with Gasteiger partial charge in [0, 0.05) is 41.9 Å². The van der Waals surface area contributed by atoms with Crippen molar-refractivity contribution in [2.75, 3.05) is 18.6 Å². The lowest BCUT2D eigenvalue weighted by atomic mass is 10.2. The summed E-state index contributed by atoms with van der Waals surface area (Å²) in [6, 6.07) is -0.0394. The Morgan fingerprint density at radius 2 is 2.14 bits per heavy atom. The Morgan fingerprint density at radius 1 is 1.50 bits per heavy atom. The molecule has 0 fully saturated rings. The van der Waals surface area contributed by atoms with Crippen molar-refractivity contribution >= 4 is 16.7 Å². The molecule has 0 saturated carbocycles. The molecule has 0 aromatic rings. The Balaban J connectivity index is 3.55. The Morgan fingerprint density at radius 3 is 2.64 bits per heavy atom. The average molecular weight is 221 g/mol. The Bertz CT molecular complexity index is 196. The fraction of sp³-hybridized carbons (Fsp3) is 0.889. The molecule has 4 nitrogen and oxygen atoms in total. The van der Waals surface area contributed by atoms with Crippen molar-refractivity contribution in [3.05, 3.63) is 0 Å². The predicted octanol–water partition coefficient (Wildman–Crippen LogP) is 0.0322. The first-order valence-electron chi connectivity index (χ1n) is 4.76. The normalized spacial score (nSPS) is 14.8.